The highest BCUT2D eigenvalue weighted by Crippen LogP contribution is 2.38. The highest BCUT2D eigenvalue weighted by atomic mass is 79.9. The molecule has 3 heterocycles. The van der Waals surface area contributed by atoms with E-state index in [4.69, 9.17) is 4.74 Å². The molecule has 0 amide bonds. The monoisotopic (exact) mass is 420 g/mol. The SMILES string of the molecule is CN=C(NCC1CCN(c2ccc(Br)cc2)C1)N1CCC2(CCOC2)C1. The second kappa shape index (κ2) is 7.77. The van der Waals surface area contributed by atoms with Crippen LogP contribution in [-0.2, 0) is 4.74 Å². The molecule has 1 aromatic carbocycles. The van der Waals surface area contributed by atoms with Gasteiger partial charge >= 0.3 is 0 Å². The number of hydrogen-bond donors (Lipinski definition) is 1. The topological polar surface area (TPSA) is 40.1 Å². The Morgan fingerprint density at radius 1 is 1.31 bits per heavy atom. The van der Waals surface area contributed by atoms with E-state index in [1.807, 2.05) is 7.05 Å². The van der Waals surface area contributed by atoms with Crippen molar-refractivity contribution in [3.8, 4) is 0 Å². The fraction of sp³-hybridized carbons (Fsp3) is 0.650. The molecule has 0 radical (unpaired) electrons. The number of hydrogen-bond acceptors (Lipinski definition) is 3. The zero-order chi connectivity index (χ0) is 18.0. The van der Waals surface area contributed by atoms with E-state index in [0.717, 1.165) is 56.4 Å². The number of rotatable bonds is 3. The summed E-state index contributed by atoms with van der Waals surface area (Å²) < 4.78 is 6.79. The molecule has 3 fully saturated rings. The molecule has 0 aliphatic carbocycles. The van der Waals surface area contributed by atoms with Gasteiger partial charge in [0.25, 0.3) is 0 Å². The largest absolute Gasteiger partial charge is 0.381 e. The van der Waals surface area contributed by atoms with Gasteiger partial charge in [0, 0.05) is 62.0 Å². The third-order valence-electron chi connectivity index (χ3n) is 6.16. The minimum absolute atomic E-state index is 0.378. The number of halogens is 1. The minimum atomic E-state index is 0.378. The molecule has 2 atom stereocenters. The summed E-state index contributed by atoms with van der Waals surface area (Å²) in [6.45, 7) is 7.28. The maximum atomic E-state index is 5.65. The van der Waals surface area contributed by atoms with Crippen molar-refractivity contribution < 1.29 is 4.74 Å². The number of benzene rings is 1. The quantitative estimate of drug-likeness (QED) is 0.602. The second-order valence-electron chi connectivity index (χ2n) is 7.98. The molecule has 0 bridgehead atoms. The molecular formula is C20H29BrN4O. The Bertz CT molecular complexity index is 642. The zero-order valence-electron chi connectivity index (χ0n) is 15.6. The number of ether oxygens (including phenoxy) is 1. The van der Waals surface area contributed by atoms with E-state index in [1.54, 1.807) is 0 Å². The van der Waals surface area contributed by atoms with Crippen molar-refractivity contribution in [3.63, 3.8) is 0 Å². The molecule has 26 heavy (non-hydrogen) atoms. The lowest BCUT2D eigenvalue weighted by molar-refractivity contribution is 0.156. The lowest BCUT2D eigenvalue weighted by atomic mass is 9.87. The minimum Gasteiger partial charge on any atom is -0.381 e. The number of likely N-dealkylation sites (tertiary alicyclic amines) is 1. The molecule has 1 N–H and O–H groups in total. The van der Waals surface area contributed by atoms with Gasteiger partial charge in [0.15, 0.2) is 5.96 Å². The Hall–Kier alpha value is -1.27. The Morgan fingerprint density at radius 3 is 2.88 bits per heavy atom. The zero-order valence-corrected chi connectivity index (χ0v) is 17.2. The summed E-state index contributed by atoms with van der Waals surface area (Å²) >= 11 is 3.51. The fourth-order valence-electron chi connectivity index (χ4n) is 4.54. The Morgan fingerprint density at radius 2 is 2.15 bits per heavy atom. The van der Waals surface area contributed by atoms with Crippen molar-refractivity contribution in [2.24, 2.45) is 16.3 Å². The van der Waals surface area contributed by atoms with Gasteiger partial charge < -0.3 is 19.9 Å². The van der Waals surface area contributed by atoms with E-state index in [0.29, 0.717) is 11.3 Å². The van der Waals surface area contributed by atoms with Crippen molar-refractivity contribution in [2.45, 2.75) is 19.3 Å². The fourth-order valence-corrected chi connectivity index (χ4v) is 4.81. The third-order valence-corrected chi connectivity index (χ3v) is 6.69. The number of guanidine groups is 1. The van der Waals surface area contributed by atoms with Crippen LogP contribution in [0, 0.1) is 11.3 Å². The molecule has 0 saturated carbocycles. The first-order chi connectivity index (χ1) is 12.7. The molecule has 4 rings (SSSR count). The Kier molecular flexibility index (Phi) is 5.41. The van der Waals surface area contributed by atoms with Crippen molar-refractivity contribution in [2.75, 3.05) is 57.9 Å². The van der Waals surface area contributed by atoms with Crippen LogP contribution in [0.15, 0.2) is 33.7 Å². The van der Waals surface area contributed by atoms with Gasteiger partial charge in [-0.2, -0.15) is 0 Å². The van der Waals surface area contributed by atoms with Gasteiger partial charge in [0.05, 0.1) is 6.61 Å². The second-order valence-corrected chi connectivity index (χ2v) is 8.90. The molecule has 0 aromatic heterocycles. The maximum absolute atomic E-state index is 5.65. The molecule has 1 spiro atoms. The van der Waals surface area contributed by atoms with E-state index in [9.17, 15) is 0 Å². The van der Waals surface area contributed by atoms with Gasteiger partial charge in [-0.15, -0.1) is 0 Å². The molecule has 142 valence electrons. The average Bonchev–Trinajstić information content (AvgIpc) is 3.39. The lowest BCUT2D eigenvalue weighted by Crippen LogP contribution is -2.43. The van der Waals surface area contributed by atoms with E-state index < -0.39 is 0 Å². The molecule has 5 nitrogen and oxygen atoms in total. The van der Waals surface area contributed by atoms with E-state index in [2.05, 4.69) is 60.3 Å². The standard InChI is InChI=1S/C20H29BrN4O/c1-22-19(25-10-7-20(14-25)8-11-26-15-20)23-12-16-6-9-24(13-16)18-4-2-17(21)3-5-18/h2-5,16H,6-15H2,1H3,(H,22,23). The van der Waals surface area contributed by atoms with Gasteiger partial charge in [0.1, 0.15) is 0 Å². The predicted octanol–water partition coefficient (Wildman–Crippen LogP) is 2.96. The highest BCUT2D eigenvalue weighted by Gasteiger charge is 2.42. The highest BCUT2D eigenvalue weighted by molar-refractivity contribution is 9.10. The van der Waals surface area contributed by atoms with E-state index in [1.165, 1.54) is 24.9 Å². The van der Waals surface area contributed by atoms with Crippen LogP contribution in [0.3, 0.4) is 0 Å². The van der Waals surface area contributed by atoms with Crippen molar-refractivity contribution in [1.29, 1.82) is 0 Å². The number of anilines is 1. The van der Waals surface area contributed by atoms with E-state index >= 15 is 0 Å². The van der Waals surface area contributed by atoms with Gasteiger partial charge in [-0.25, -0.2) is 0 Å². The number of nitrogens with zero attached hydrogens (tertiary/aromatic N) is 3. The van der Waals surface area contributed by atoms with Crippen molar-refractivity contribution in [1.82, 2.24) is 10.2 Å². The average molecular weight is 421 g/mol. The number of nitrogens with one attached hydrogen (secondary N) is 1. The lowest BCUT2D eigenvalue weighted by Gasteiger charge is -2.26. The van der Waals surface area contributed by atoms with Crippen LogP contribution in [0.2, 0.25) is 0 Å². The maximum Gasteiger partial charge on any atom is 0.193 e. The molecule has 3 aliphatic heterocycles. The van der Waals surface area contributed by atoms with Crippen LogP contribution in [0.4, 0.5) is 5.69 Å². The Labute approximate surface area is 164 Å². The third kappa shape index (κ3) is 3.86. The van der Waals surface area contributed by atoms with Crippen LogP contribution >= 0.6 is 15.9 Å². The summed E-state index contributed by atoms with van der Waals surface area (Å²) in [5.41, 5.74) is 1.70. The van der Waals surface area contributed by atoms with Gasteiger partial charge in [-0.05, 0) is 49.4 Å². The van der Waals surface area contributed by atoms with Crippen LogP contribution in [0.1, 0.15) is 19.3 Å². The summed E-state index contributed by atoms with van der Waals surface area (Å²) in [6.07, 6.45) is 3.66. The van der Waals surface area contributed by atoms with Crippen LogP contribution in [0.5, 0.6) is 0 Å². The molecule has 2 unspecified atom stereocenters. The van der Waals surface area contributed by atoms with Crippen LogP contribution in [-0.4, -0.2) is 63.8 Å². The van der Waals surface area contributed by atoms with Gasteiger partial charge in [-0.3, -0.25) is 4.99 Å². The number of aliphatic imine (C=N–C) groups is 1. The summed E-state index contributed by atoms with van der Waals surface area (Å²) in [7, 11) is 1.90. The molecule has 3 saturated heterocycles. The summed E-state index contributed by atoms with van der Waals surface area (Å²) in [4.78, 5) is 9.46. The molecule has 3 aliphatic rings. The predicted molar refractivity (Wildman–Crippen MR) is 110 cm³/mol. The molecule has 6 heteroatoms. The van der Waals surface area contributed by atoms with Crippen LogP contribution < -0.4 is 10.2 Å². The normalized spacial score (nSPS) is 29.2. The molecular weight excluding hydrogens is 392 g/mol. The van der Waals surface area contributed by atoms with Crippen molar-refractivity contribution in [3.05, 3.63) is 28.7 Å². The smallest absolute Gasteiger partial charge is 0.193 e. The van der Waals surface area contributed by atoms with Gasteiger partial charge in [0.2, 0.25) is 0 Å². The first kappa shape index (κ1) is 18.1. The van der Waals surface area contributed by atoms with Crippen LogP contribution in [0.25, 0.3) is 0 Å². The van der Waals surface area contributed by atoms with Gasteiger partial charge in [-0.1, -0.05) is 15.9 Å². The molecule has 1 aromatic rings. The first-order valence-corrected chi connectivity index (χ1v) is 10.5. The summed E-state index contributed by atoms with van der Waals surface area (Å²) in [5, 5.41) is 3.64. The van der Waals surface area contributed by atoms with Crippen molar-refractivity contribution >= 4 is 27.6 Å². The summed E-state index contributed by atoms with van der Waals surface area (Å²) in [6, 6.07) is 8.65. The first-order valence-electron chi connectivity index (χ1n) is 9.71. The summed E-state index contributed by atoms with van der Waals surface area (Å²) in [5.74, 6) is 1.73. The van der Waals surface area contributed by atoms with E-state index in [-0.39, 0.29) is 0 Å². The Balaban J connectivity index is 1.28.